The Morgan fingerprint density at radius 1 is 1.16 bits per heavy atom. The summed E-state index contributed by atoms with van der Waals surface area (Å²) < 4.78 is 5.81. The van der Waals surface area contributed by atoms with Crippen molar-refractivity contribution in [3.63, 3.8) is 0 Å². The zero-order valence-corrected chi connectivity index (χ0v) is 11.1. The first-order valence-electron chi connectivity index (χ1n) is 6.71. The molecule has 0 unspecified atom stereocenters. The third-order valence-corrected chi connectivity index (χ3v) is 3.69. The maximum absolute atomic E-state index is 9.77. The van der Waals surface area contributed by atoms with Crippen LogP contribution in [0.4, 0.5) is 0 Å². The molecule has 0 fully saturated rings. The predicted molar refractivity (Wildman–Crippen MR) is 75.2 cm³/mol. The van der Waals surface area contributed by atoms with Crippen molar-refractivity contribution in [1.29, 1.82) is 0 Å². The van der Waals surface area contributed by atoms with Gasteiger partial charge in [-0.25, -0.2) is 0 Å². The molecule has 0 spiro atoms. The third-order valence-electron chi connectivity index (χ3n) is 3.69. The van der Waals surface area contributed by atoms with Gasteiger partial charge < -0.3 is 9.84 Å². The van der Waals surface area contributed by atoms with Gasteiger partial charge in [-0.15, -0.1) is 0 Å². The molecule has 0 saturated carbocycles. The van der Waals surface area contributed by atoms with Crippen molar-refractivity contribution < 1.29 is 9.84 Å². The lowest BCUT2D eigenvalue weighted by Crippen LogP contribution is -1.96. The summed E-state index contributed by atoms with van der Waals surface area (Å²) in [6.07, 6.45) is 1.48. The fraction of sp³-hybridized carbons (Fsp3) is 0.294. The summed E-state index contributed by atoms with van der Waals surface area (Å²) in [6.45, 7) is 2.66. The molecule has 2 nitrogen and oxygen atoms in total. The maximum atomic E-state index is 9.77. The van der Waals surface area contributed by atoms with Crippen LogP contribution >= 0.6 is 0 Å². The van der Waals surface area contributed by atoms with Crippen molar-refractivity contribution >= 4 is 0 Å². The topological polar surface area (TPSA) is 29.5 Å². The summed E-state index contributed by atoms with van der Waals surface area (Å²) in [6, 6.07) is 14.4. The second-order valence-electron chi connectivity index (χ2n) is 5.19. The van der Waals surface area contributed by atoms with Crippen LogP contribution in [0.25, 0.3) is 0 Å². The van der Waals surface area contributed by atoms with E-state index in [1.54, 1.807) is 0 Å². The summed E-state index contributed by atoms with van der Waals surface area (Å²) in [7, 11) is 0. The van der Waals surface area contributed by atoms with Crippen molar-refractivity contribution in [3.8, 4) is 5.75 Å². The van der Waals surface area contributed by atoms with Gasteiger partial charge in [-0.1, -0.05) is 35.9 Å². The van der Waals surface area contributed by atoms with Crippen molar-refractivity contribution in [2.24, 2.45) is 0 Å². The molecule has 19 heavy (non-hydrogen) atoms. The van der Waals surface area contributed by atoms with Crippen LogP contribution in [0.1, 0.15) is 34.8 Å². The number of benzene rings is 2. The van der Waals surface area contributed by atoms with E-state index in [9.17, 15) is 5.11 Å². The van der Waals surface area contributed by atoms with Gasteiger partial charge >= 0.3 is 0 Å². The van der Waals surface area contributed by atoms with Gasteiger partial charge in [0, 0.05) is 0 Å². The molecule has 1 aliphatic rings. The average Bonchev–Trinajstić information content (AvgIpc) is 2.79. The third kappa shape index (κ3) is 2.64. The Morgan fingerprint density at radius 2 is 1.95 bits per heavy atom. The zero-order chi connectivity index (χ0) is 13.2. The lowest BCUT2D eigenvalue weighted by atomic mass is 10.1. The Kier molecular flexibility index (Phi) is 3.26. The molecule has 1 atom stereocenters. The number of fused-ring (bicyclic) bond motifs is 1. The largest absolute Gasteiger partial charge is 0.489 e. The van der Waals surface area contributed by atoms with E-state index in [-0.39, 0.29) is 6.10 Å². The number of hydrogen-bond donors (Lipinski definition) is 1. The number of aliphatic hydroxyl groups excluding tert-OH is 1. The lowest BCUT2D eigenvalue weighted by Gasteiger charge is -2.09. The maximum Gasteiger partial charge on any atom is 0.120 e. The molecule has 2 heteroatoms. The summed E-state index contributed by atoms with van der Waals surface area (Å²) >= 11 is 0. The van der Waals surface area contributed by atoms with Gasteiger partial charge in [0.05, 0.1) is 6.10 Å². The second-order valence-corrected chi connectivity index (χ2v) is 5.19. The van der Waals surface area contributed by atoms with Crippen LogP contribution in [0.5, 0.6) is 5.75 Å². The van der Waals surface area contributed by atoms with E-state index in [1.165, 1.54) is 16.7 Å². The molecular weight excluding hydrogens is 236 g/mol. The first-order valence-corrected chi connectivity index (χ1v) is 6.71. The molecule has 0 bridgehead atoms. The molecule has 2 aromatic carbocycles. The van der Waals surface area contributed by atoms with E-state index in [0.29, 0.717) is 6.61 Å². The second kappa shape index (κ2) is 5.06. The van der Waals surface area contributed by atoms with Crippen LogP contribution in [-0.2, 0) is 13.0 Å². The molecule has 0 aliphatic heterocycles. The van der Waals surface area contributed by atoms with Gasteiger partial charge in [-0.05, 0) is 48.6 Å². The molecule has 0 amide bonds. The summed E-state index contributed by atoms with van der Waals surface area (Å²) in [4.78, 5) is 0. The molecule has 1 N–H and O–H groups in total. The smallest absolute Gasteiger partial charge is 0.120 e. The van der Waals surface area contributed by atoms with Gasteiger partial charge in [0.15, 0.2) is 0 Å². The van der Waals surface area contributed by atoms with E-state index in [0.717, 1.165) is 24.2 Å². The molecule has 98 valence electrons. The zero-order valence-electron chi connectivity index (χ0n) is 11.1. The van der Waals surface area contributed by atoms with Crippen molar-refractivity contribution in [3.05, 3.63) is 64.7 Å². The van der Waals surface area contributed by atoms with Gasteiger partial charge in [-0.2, -0.15) is 0 Å². The minimum atomic E-state index is -0.291. The highest BCUT2D eigenvalue weighted by atomic mass is 16.5. The Bertz CT molecular complexity index is 572. The Balaban J connectivity index is 1.69. The molecule has 1 aliphatic carbocycles. The van der Waals surface area contributed by atoms with Crippen LogP contribution in [0.2, 0.25) is 0 Å². The monoisotopic (exact) mass is 254 g/mol. The summed E-state index contributed by atoms with van der Waals surface area (Å²) in [5, 5.41) is 9.77. The van der Waals surface area contributed by atoms with Crippen LogP contribution in [0.3, 0.4) is 0 Å². The van der Waals surface area contributed by atoms with Crippen LogP contribution in [0.15, 0.2) is 42.5 Å². The fourth-order valence-corrected chi connectivity index (χ4v) is 2.51. The van der Waals surface area contributed by atoms with Crippen LogP contribution in [-0.4, -0.2) is 5.11 Å². The first kappa shape index (κ1) is 12.2. The van der Waals surface area contributed by atoms with Crippen molar-refractivity contribution in [2.75, 3.05) is 0 Å². The summed E-state index contributed by atoms with van der Waals surface area (Å²) in [5.41, 5.74) is 4.71. The quantitative estimate of drug-likeness (QED) is 0.907. The number of ether oxygens (including phenoxy) is 1. The van der Waals surface area contributed by atoms with E-state index in [1.807, 2.05) is 12.1 Å². The lowest BCUT2D eigenvalue weighted by molar-refractivity contribution is 0.180. The standard InChI is InChI=1S/C17H18O2/c1-12-2-4-13(5-3-12)11-19-15-7-8-16-14(10-15)6-9-17(16)18/h2-5,7-8,10,17-18H,6,9,11H2,1H3/t17-/m1/s1. The number of aliphatic hydroxyl groups is 1. The Labute approximate surface area is 113 Å². The van der Waals surface area contributed by atoms with Crippen molar-refractivity contribution in [2.45, 2.75) is 32.5 Å². The van der Waals surface area contributed by atoms with E-state index >= 15 is 0 Å². The van der Waals surface area contributed by atoms with Crippen LogP contribution in [0, 0.1) is 6.92 Å². The molecular formula is C17H18O2. The van der Waals surface area contributed by atoms with E-state index in [2.05, 4.69) is 37.3 Å². The minimum Gasteiger partial charge on any atom is -0.489 e. The average molecular weight is 254 g/mol. The number of aryl methyl sites for hydroxylation is 2. The molecule has 2 aromatic rings. The molecule has 3 rings (SSSR count). The van der Waals surface area contributed by atoms with Gasteiger partial charge in [0.2, 0.25) is 0 Å². The van der Waals surface area contributed by atoms with E-state index in [4.69, 9.17) is 4.74 Å². The minimum absolute atomic E-state index is 0.291. The predicted octanol–water partition coefficient (Wildman–Crippen LogP) is 3.55. The Morgan fingerprint density at radius 3 is 2.74 bits per heavy atom. The van der Waals surface area contributed by atoms with Gasteiger partial charge in [0.1, 0.15) is 12.4 Å². The Hall–Kier alpha value is -1.80. The van der Waals surface area contributed by atoms with Crippen molar-refractivity contribution in [1.82, 2.24) is 0 Å². The highest BCUT2D eigenvalue weighted by molar-refractivity contribution is 5.40. The molecule has 0 radical (unpaired) electrons. The van der Waals surface area contributed by atoms with Gasteiger partial charge in [-0.3, -0.25) is 0 Å². The first-order chi connectivity index (χ1) is 9.22. The molecule has 0 aromatic heterocycles. The fourth-order valence-electron chi connectivity index (χ4n) is 2.51. The highest BCUT2D eigenvalue weighted by Gasteiger charge is 2.20. The van der Waals surface area contributed by atoms with E-state index < -0.39 is 0 Å². The SMILES string of the molecule is Cc1ccc(COc2ccc3c(c2)CC[C@H]3O)cc1. The highest BCUT2D eigenvalue weighted by Crippen LogP contribution is 2.33. The van der Waals surface area contributed by atoms with Crippen LogP contribution < -0.4 is 4.74 Å². The molecule has 0 saturated heterocycles. The van der Waals surface area contributed by atoms with Gasteiger partial charge in [0.25, 0.3) is 0 Å². The number of hydrogen-bond acceptors (Lipinski definition) is 2. The summed E-state index contributed by atoms with van der Waals surface area (Å²) in [5.74, 6) is 0.883. The normalized spacial score (nSPS) is 17.3. The number of rotatable bonds is 3. The molecule has 0 heterocycles.